The van der Waals surface area contributed by atoms with E-state index in [1.165, 1.54) is 0 Å². The third kappa shape index (κ3) is 6.35. The minimum atomic E-state index is -0.825. The summed E-state index contributed by atoms with van der Waals surface area (Å²) in [7, 11) is 0. The van der Waals surface area contributed by atoms with E-state index >= 15 is 0 Å². The molecule has 24 heavy (non-hydrogen) atoms. The van der Waals surface area contributed by atoms with Crippen LogP contribution in [0.25, 0.3) is 0 Å². The van der Waals surface area contributed by atoms with Gasteiger partial charge in [-0.2, -0.15) is 0 Å². The van der Waals surface area contributed by atoms with Crippen LogP contribution in [0.5, 0.6) is 0 Å². The van der Waals surface area contributed by atoms with E-state index in [1.54, 1.807) is 0 Å². The zero-order chi connectivity index (χ0) is 17.4. The summed E-state index contributed by atoms with van der Waals surface area (Å²) in [5.74, 6) is -0.400. The molecule has 1 aliphatic heterocycles. The first-order chi connectivity index (χ1) is 11.5. The van der Waals surface area contributed by atoms with Crippen molar-refractivity contribution in [3.8, 4) is 0 Å². The van der Waals surface area contributed by atoms with Gasteiger partial charge in [0.05, 0.1) is 6.54 Å². The Kier molecular flexibility index (Phi) is 6.71. The fourth-order valence-electron chi connectivity index (χ4n) is 2.56. The fraction of sp³-hybridized carbons (Fsp3) is 0.438. The summed E-state index contributed by atoms with van der Waals surface area (Å²) >= 11 is 0. The standard InChI is InChI=1S/C16H23N5O3/c17-16(24)19-14(22)6-7-20-8-10-21(11-9-20)12-15(23)18-13-4-2-1-3-5-13/h1-5H,6-12H2,(H,18,23)(H3,17,19,22,24). The van der Waals surface area contributed by atoms with Gasteiger partial charge in [0, 0.05) is 44.8 Å². The molecule has 0 bridgehead atoms. The van der Waals surface area contributed by atoms with Gasteiger partial charge in [-0.1, -0.05) is 18.2 Å². The maximum Gasteiger partial charge on any atom is 0.318 e. The summed E-state index contributed by atoms with van der Waals surface area (Å²) < 4.78 is 0. The largest absolute Gasteiger partial charge is 0.351 e. The fourth-order valence-corrected chi connectivity index (χ4v) is 2.56. The second-order valence-corrected chi connectivity index (χ2v) is 5.69. The number of benzene rings is 1. The summed E-state index contributed by atoms with van der Waals surface area (Å²) in [5, 5.41) is 4.92. The minimum absolute atomic E-state index is 0.0320. The van der Waals surface area contributed by atoms with Gasteiger partial charge in [0.15, 0.2) is 0 Å². The van der Waals surface area contributed by atoms with Gasteiger partial charge >= 0.3 is 6.03 Å². The maximum absolute atomic E-state index is 12.0. The molecule has 0 aliphatic carbocycles. The van der Waals surface area contributed by atoms with Crippen molar-refractivity contribution < 1.29 is 14.4 Å². The Morgan fingerprint density at radius 1 is 0.958 bits per heavy atom. The number of nitrogens with zero attached hydrogens (tertiary/aromatic N) is 2. The van der Waals surface area contributed by atoms with E-state index < -0.39 is 6.03 Å². The summed E-state index contributed by atoms with van der Waals surface area (Å²) in [5.41, 5.74) is 5.69. The van der Waals surface area contributed by atoms with E-state index in [2.05, 4.69) is 20.4 Å². The molecule has 8 nitrogen and oxygen atoms in total. The number of rotatable bonds is 6. The number of hydrogen-bond donors (Lipinski definition) is 3. The zero-order valence-corrected chi connectivity index (χ0v) is 13.5. The van der Waals surface area contributed by atoms with Crippen LogP contribution in [0, 0.1) is 0 Å². The van der Waals surface area contributed by atoms with Crippen molar-refractivity contribution in [3.63, 3.8) is 0 Å². The topological polar surface area (TPSA) is 108 Å². The molecule has 0 spiro atoms. The number of amides is 4. The molecule has 1 fully saturated rings. The molecular weight excluding hydrogens is 310 g/mol. The van der Waals surface area contributed by atoms with Crippen LogP contribution in [0.4, 0.5) is 10.5 Å². The number of piperazine rings is 1. The first kappa shape index (κ1) is 17.9. The Labute approximate surface area is 141 Å². The first-order valence-electron chi connectivity index (χ1n) is 7.92. The second kappa shape index (κ2) is 8.99. The average Bonchev–Trinajstić information content (AvgIpc) is 2.54. The molecule has 1 saturated heterocycles. The van der Waals surface area contributed by atoms with E-state index in [-0.39, 0.29) is 18.2 Å². The van der Waals surface area contributed by atoms with Gasteiger partial charge in [-0.15, -0.1) is 0 Å². The number of imide groups is 1. The monoisotopic (exact) mass is 333 g/mol. The van der Waals surface area contributed by atoms with E-state index in [1.807, 2.05) is 30.3 Å². The predicted molar refractivity (Wildman–Crippen MR) is 90.3 cm³/mol. The number of anilines is 1. The van der Waals surface area contributed by atoms with Gasteiger partial charge in [-0.05, 0) is 12.1 Å². The Bertz CT molecular complexity index is 570. The highest BCUT2D eigenvalue weighted by atomic mass is 16.2. The van der Waals surface area contributed by atoms with E-state index in [0.29, 0.717) is 13.1 Å². The number of urea groups is 1. The van der Waals surface area contributed by atoms with Crippen molar-refractivity contribution in [3.05, 3.63) is 30.3 Å². The van der Waals surface area contributed by atoms with Crippen LogP contribution in [-0.4, -0.2) is 66.9 Å². The van der Waals surface area contributed by atoms with Crippen LogP contribution >= 0.6 is 0 Å². The van der Waals surface area contributed by atoms with Gasteiger partial charge in [-0.25, -0.2) is 4.79 Å². The second-order valence-electron chi connectivity index (χ2n) is 5.69. The molecule has 130 valence electrons. The number of carbonyl (C=O) groups excluding carboxylic acids is 3. The molecule has 1 aromatic carbocycles. The summed E-state index contributed by atoms with van der Waals surface area (Å²) in [4.78, 5) is 38.2. The molecule has 0 atom stereocenters. The van der Waals surface area contributed by atoms with Crippen LogP contribution in [0.3, 0.4) is 0 Å². The van der Waals surface area contributed by atoms with E-state index in [4.69, 9.17) is 5.73 Å². The highest BCUT2D eigenvalue weighted by Gasteiger charge is 2.19. The number of nitrogens with one attached hydrogen (secondary N) is 2. The van der Waals surface area contributed by atoms with Crippen LogP contribution < -0.4 is 16.4 Å². The van der Waals surface area contributed by atoms with Crippen molar-refractivity contribution in [1.29, 1.82) is 0 Å². The molecule has 0 radical (unpaired) electrons. The van der Waals surface area contributed by atoms with Crippen LogP contribution in [0.1, 0.15) is 6.42 Å². The van der Waals surface area contributed by atoms with Gasteiger partial charge in [-0.3, -0.25) is 19.8 Å². The van der Waals surface area contributed by atoms with Crippen molar-refractivity contribution in [1.82, 2.24) is 15.1 Å². The normalized spacial score (nSPS) is 15.7. The maximum atomic E-state index is 12.0. The SMILES string of the molecule is NC(=O)NC(=O)CCN1CCN(CC(=O)Nc2ccccc2)CC1. The van der Waals surface area contributed by atoms with Crippen molar-refractivity contribution in [2.45, 2.75) is 6.42 Å². The van der Waals surface area contributed by atoms with Crippen molar-refractivity contribution in [2.24, 2.45) is 5.73 Å². The number of para-hydroxylation sites is 1. The van der Waals surface area contributed by atoms with E-state index in [9.17, 15) is 14.4 Å². The Hall–Kier alpha value is -2.45. The Morgan fingerprint density at radius 2 is 1.58 bits per heavy atom. The molecule has 1 aliphatic rings. The molecule has 0 aromatic heterocycles. The Balaban J connectivity index is 1.64. The summed E-state index contributed by atoms with van der Waals surface area (Å²) in [6, 6.07) is 8.54. The molecule has 2 rings (SSSR count). The lowest BCUT2D eigenvalue weighted by molar-refractivity contribution is -0.120. The molecular formula is C16H23N5O3. The predicted octanol–water partition coefficient (Wildman–Crippen LogP) is -0.172. The lowest BCUT2D eigenvalue weighted by Crippen LogP contribution is -2.49. The van der Waals surface area contributed by atoms with Gasteiger partial charge in [0.2, 0.25) is 11.8 Å². The van der Waals surface area contributed by atoms with Crippen molar-refractivity contribution in [2.75, 3.05) is 44.6 Å². The molecule has 1 aromatic rings. The summed E-state index contributed by atoms with van der Waals surface area (Å²) in [6.07, 6.45) is 0.234. The molecule has 0 unspecified atom stereocenters. The lowest BCUT2D eigenvalue weighted by atomic mass is 10.2. The third-order valence-electron chi connectivity index (χ3n) is 3.81. The smallest absolute Gasteiger partial charge is 0.318 e. The molecule has 1 heterocycles. The summed E-state index contributed by atoms with van der Waals surface area (Å²) in [6.45, 7) is 4.01. The van der Waals surface area contributed by atoms with Gasteiger partial charge < -0.3 is 16.0 Å². The van der Waals surface area contributed by atoms with Crippen LogP contribution in [-0.2, 0) is 9.59 Å². The Morgan fingerprint density at radius 3 is 2.21 bits per heavy atom. The number of nitrogens with two attached hydrogens (primary N) is 1. The van der Waals surface area contributed by atoms with Crippen molar-refractivity contribution >= 4 is 23.5 Å². The highest BCUT2D eigenvalue weighted by Crippen LogP contribution is 2.06. The van der Waals surface area contributed by atoms with Gasteiger partial charge in [0.25, 0.3) is 0 Å². The zero-order valence-electron chi connectivity index (χ0n) is 13.5. The quantitative estimate of drug-likeness (QED) is 0.670. The highest BCUT2D eigenvalue weighted by molar-refractivity contribution is 5.93. The first-order valence-corrected chi connectivity index (χ1v) is 7.92. The van der Waals surface area contributed by atoms with Crippen LogP contribution in [0.2, 0.25) is 0 Å². The lowest BCUT2D eigenvalue weighted by Gasteiger charge is -2.34. The number of carbonyl (C=O) groups is 3. The number of primary amides is 1. The van der Waals surface area contributed by atoms with Crippen LogP contribution in [0.15, 0.2) is 30.3 Å². The molecule has 4 N–H and O–H groups in total. The molecule has 0 saturated carbocycles. The molecule has 8 heteroatoms. The van der Waals surface area contributed by atoms with Gasteiger partial charge in [0.1, 0.15) is 0 Å². The average molecular weight is 333 g/mol. The third-order valence-corrected chi connectivity index (χ3v) is 3.81. The van der Waals surface area contributed by atoms with E-state index in [0.717, 1.165) is 31.9 Å². The number of hydrogen-bond acceptors (Lipinski definition) is 5. The molecule has 4 amide bonds. The minimum Gasteiger partial charge on any atom is -0.351 e.